The van der Waals surface area contributed by atoms with Crippen molar-refractivity contribution in [2.45, 2.75) is 39.7 Å². The summed E-state index contributed by atoms with van der Waals surface area (Å²) in [6, 6.07) is 1.90. The number of furan rings is 1. The molecule has 0 aliphatic rings. The molecule has 15 heavy (non-hydrogen) atoms. The van der Waals surface area contributed by atoms with Gasteiger partial charge in [0.05, 0.1) is 6.61 Å². The van der Waals surface area contributed by atoms with Crippen molar-refractivity contribution in [3.05, 3.63) is 23.2 Å². The van der Waals surface area contributed by atoms with Crippen LogP contribution in [0.4, 0.5) is 0 Å². The first kappa shape index (κ1) is 12.0. The number of ketones is 1. The molecule has 0 N–H and O–H groups in total. The molecule has 0 radical (unpaired) electrons. The summed E-state index contributed by atoms with van der Waals surface area (Å²) in [5, 5.41) is 0. The zero-order chi connectivity index (χ0) is 11.6. The van der Waals surface area contributed by atoms with Crippen molar-refractivity contribution in [2.24, 2.45) is 0 Å². The Labute approximate surface area is 90.4 Å². The van der Waals surface area contributed by atoms with Crippen molar-refractivity contribution in [2.75, 3.05) is 7.11 Å². The van der Waals surface area contributed by atoms with Gasteiger partial charge in [0, 0.05) is 25.0 Å². The van der Waals surface area contributed by atoms with E-state index in [1.54, 1.807) is 7.11 Å². The molecule has 0 aromatic carbocycles. The van der Waals surface area contributed by atoms with Gasteiger partial charge < -0.3 is 9.15 Å². The first-order valence-electron chi connectivity index (χ1n) is 4.99. The number of ether oxygens (including phenoxy) is 1. The molecule has 3 nitrogen and oxygen atoms in total. The average Bonchev–Trinajstić information content (AvgIpc) is 2.48. The van der Waals surface area contributed by atoms with Crippen molar-refractivity contribution in [1.29, 1.82) is 0 Å². The molecule has 0 aliphatic carbocycles. The second-order valence-corrected chi connectivity index (χ2v) is 4.70. The van der Waals surface area contributed by atoms with E-state index in [1.165, 1.54) is 6.92 Å². The molecule has 0 aliphatic heterocycles. The number of hydrogen-bond acceptors (Lipinski definition) is 3. The first-order valence-corrected chi connectivity index (χ1v) is 4.99. The van der Waals surface area contributed by atoms with Gasteiger partial charge in [0.1, 0.15) is 5.76 Å². The molecule has 1 aromatic heterocycles. The highest BCUT2D eigenvalue weighted by atomic mass is 16.5. The number of carbonyl (C=O) groups is 1. The van der Waals surface area contributed by atoms with Crippen LogP contribution in [0, 0.1) is 0 Å². The van der Waals surface area contributed by atoms with Crippen LogP contribution >= 0.6 is 0 Å². The number of carbonyl (C=O) groups excluding carboxylic acids is 1. The second kappa shape index (κ2) is 4.19. The quantitative estimate of drug-likeness (QED) is 0.720. The molecular formula is C12H18O3. The number of Topliss-reactive ketones (excluding diaryl/α,β-unsaturated/α-hetero) is 1. The Morgan fingerprint density at radius 3 is 2.47 bits per heavy atom. The van der Waals surface area contributed by atoms with E-state index in [-0.39, 0.29) is 11.2 Å². The summed E-state index contributed by atoms with van der Waals surface area (Å²) in [4.78, 5) is 11.3. The van der Waals surface area contributed by atoms with E-state index in [1.807, 2.05) is 26.8 Å². The molecule has 0 unspecified atom stereocenters. The largest absolute Gasteiger partial charge is 0.457 e. The Kier molecular flexibility index (Phi) is 3.35. The molecule has 0 fully saturated rings. The highest BCUT2D eigenvalue weighted by Gasteiger charge is 2.23. The first-order chi connectivity index (χ1) is 6.86. The lowest BCUT2D eigenvalue weighted by Gasteiger charge is -2.13. The predicted molar refractivity (Wildman–Crippen MR) is 58.1 cm³/mol. The molecule has 1 heterocycles. The molecule has 84 valence electrons. The lowest BCUT2D eigenvalue weighted by molar-refractivity contribution is 0.0977. The zero-order valence-electron chi connectivity index (χ0n) is 10.0. The van der Waals surface area contributed by atoms with Crippen molar-refractivity contribution >= 4 is 5.78 Å². The molecule has 3 heteroatoms. The highest BCUT2D eigenvalue weighted by molar-refractivity contribution is 5.92. The Bertz CT molecular complexity index is 355. The maximum absolute atomic E-state index is 11.3. The standard InChI is InChI=1S/C12H18O3/c1-8(13)11-9(7-14-5)6-10(15-11)12(2,3)4/h6H,7H2,1-5H3. The van der Waals surface area contributed by atoms with Crippen molar-refractivity contribution in [3.63, 3.8) is 0 Å². The van der Waals surface area contributed by atoms with Gasteiger partial charge >= 0.3 is 0 Å². The number of rotatable bonds is 3. The van der Waals surface area contributed by atoms with Crippen LogP contribution in [0.3, 0.4) is 0 Å². The van der Waals surface area contributed by atoms with Crippen molar-refractivity contribution < 1.29 is 13.9 Å². The summed E-state index contributed by atoms with van der Waals surface area (Å²) in [6.45, 7) is 8.06. The van der Waals surface area contributed by atoms with Gasteiger partial charge in [0.15, 0.2) is 11.5 Å². The molecular weight excluding hydrogens is 192 g/mol. The third-order valence-corrected chi connectivity index (χ3v) is 2.17. The fraction of sp³-hybridized carbons (Fsp3) is 0.583. The maximum Gasteiger partial charge on any atom is 0.195 e. The van der Waals surface area contributed by atoms with Crippen LogP contribution in [0.1, 0.15) is 49.6 Å². The molecule has 0 saturated heterocycles. The molecule has 0 spiro atoms. The van der Waals surface area contributed by atoms with Gasteiger partial charge in [-0.3, -0.25) is 4.79 Å². The fourth-order valence-corrected chi connectivity index (χ4v) is 1.36. The molecule has 1 aromatic rings. The topological polar surface area (TPSA) is 39.4 Å². The van der Waals surface area contributed by atoms with Gasteiger partial charge in [-0.2, -0.15) is 0 Å². The minimum atomic E-state index is -0.0871. The van der Waals surface area contributed by atoms with Crippen LogP contribution in [0.25, 0.3) is 0 Å². The Hall–Kier alpha value is -1.09. The van der Waals surface area contributed by atoms with Crippen molar-refractivity contribution in [3.8, 4) is 0 Å². The Balaban J connectivity index is 3.15. The summed E-state index contributed by atoms with van der Waals surface area (Å²) >= 11 is 0. The fourth-order valence-electron chi connectivity index (χ4n) is 1.36. The average molecular weight is 210 g/mol. The van der Waals surface area contributed by atoms with E-state index in [4.69, 9.17) is 9.15 Å². The third-order valence-electron chi connectivity index (χ3n) is 2.17. The lowest BCUT2D eigenvalue weighted by atomic mass is 9.93. The summed E-state index contributed by atoms with van der Waals surface area (Å²) in [5.41, 5.74) is 0.742. The maximum atomic E-state index is 11.3. The SMILES string of the molecule is COCc1cc(C(C)(C)C)oc1C(C)=O. The molecule has 0 atom stereocenters. The van der Waals surface area contributed by atoms with Gasteiger partial charge in [-0.1, -0.05) is 20.8 Å². The summed E-state index contributed by atoms with van der Waals surface area (Å²) in [6.07, 6.45) is 0. The van der Waals surface area contributed by atoms with Gasteiger partial charge in [-0.15, -0.1) is 0 Å². The number of hydrogen-bond donors (Lipinski definition) is 0. The molecule has 0 saturated carbocycles. The normalized spacial score (nSPS) is 11.8. The summed E-state index contributed by atoms with van der Waals surface area (Å²) in [7, 11) is 1.60. The van der Waals surface area contributed by atoms with E-state index in [9.17, 15) is 4.79 Å². The van der Waals surface area contributed by atoms with Gasteiger partial charge in [-0.05, 0) is 6.07 Å². The van der Waals surface area contributed by atoms with Gasteiger partial charge in [0.2, 0.25) is 0 Å². The van der Waals surface area contributed by atoms with E-state index < -0.39 is 0 Å². The van der Waals surface area contributed by atoms with Crippen molar-refractivity contribution in [1.82, 2.24) is 0 Å². The minimum Gasteiger partial charge on any atom is -0.457 e. The Morgan fingerprint density at radius 2 is 2.07 bits per heavy atom. The predicted octanol–water partition coefficient (Wildman–Crippen LogP) is 2.93. The van der Waals surface area contributed by atoms with Gasteiger partial charge in [0.25, 0.3) is 0 Å². The second-order valence-electron chi connectivity index (χ2n) is 4.70. The third kappa shape index (κ3) is 2.69. The van der Waals surface area contributed by atoms with Crippen LogP contribution in [0.15, 0.2) is 10.5 Å². The molecule has 0 amide bonds. The van der Waals surface area contributed by atoms with E-state index in [2.05, 4.69) is 0 Å². The van der Waals surface area contributed by atoms with Crippen LogP contribution < -0.4 is 0 Å². The van der Waals surface area contributed by atoms with Crippen LogP contribution in [-0.2, 0) is 16.8 Å². The van der Waals surface area contributed by atoms with Crippen LogP contribution in [0.2, 0.25) is 0 Å². The number of methoxy groups -OCH3 is 1. The minimum absolute atomic E-state index is 0.0578. The highest BCUT2D eigenvalue weighted by Crippen LogP contribution is 2.27. The summed E-state index contributed by atoms with van der Waals surface area (Å²) < 4.78 is 10.6. The summed E-state index contributed by atoms with van der Waals surface area (Å²) in [5.74, 6) is 1.18. The van der Waals surface area contributed by atoms with E-state index >= 15 is 0 Å². The zero-order valence-corrected chi connectivity index (χ0v) is 10.0. The van der Waals surface area contributed by atoms with Gasteiger partial charge in [-0.25, -0.2) is 0 Å². The van der Waals surface area contributed by atoms with Crippen LogP contribution in [-0.4, -0.2) is 12.9 Å². The van der Waals surface area contributed by atoms with E-state index in [0.717, 1.165) is 11.3 Å². The smallest absolute Gasteiger partial charge is 0.195 e. The Morgan fingerprint density at radius 1 is 1.47 bits per heavy atom. The lowest BCUT2D eigenvalue weighted by Crippen LogP contribution is -2.09. The molecule has 1 rings (SSSR count). The monoisotopic (exact) mass is 210 g/mol. The van der Waals surface area contributed by atoms with E-state index in [0.29, 0.717) is 12.4 Å². The van der Waals surface area contributed by atoms with Crippen LogP contribution in [0.5, 0.6) is 0 Å². The molecule has 0 bridgehead atoms.